The van der Waals surface area contributed by atoms with Crippen LogP contribution in [0.25, 0.3) is 0 Å². The van der Waals surface area contributed by atoms with E-state index in [1.165, 1.54) is 11.0 Å². The molecular weight excluding hydrogens is 310 g/mol. The number of rotatable bonds is 5. The van der Waals surface area contributed by atoms with E-state index in [1.54, 1.807) is 30.6 Å². The Labute approximate surface area is 132 Å². The fourth-order valence-corrected chi connectivity index (χ4v) is 1.84. The summed E-state index contributed by atoms with van der Waals surface area (Å²) in [4.78, 5) is 17.5. The summed E-state index contributed by atoms with van der Waals surface area (Å²) in [6, 6.07) is 4.33. The van der Waals surface area contributed by atoms with E-state index >= 15 is 0 Å². The van der Waals surface area contributed by atoms with Crippen molar-refractivity contribution in [2.75, 3.05) is 25.2 Å². The summed E-state index contributed by atoms with van der Waals surface area (Å²) in [6.07, 6.45) is 3.85. The number of ether oxygens (including phenoxy) is 1. The summed E-state index contributed by atoms with van der Waals surface area (Å²) >= 11 is 5.93. The molecule has 7 nitrogen and oxygen atoms in total. The van der Waals surface area contributed by atoms with Crippen molar-refractivity contribution in [2.24, 2.45) is 4.99 Å². The van der Waals surface area contributed by atoms with Gasteiger partial charge in [0.1, 0.15) is 25.1 Å². The van der Waals surface area contributed by atoms with E-state index in [2.05, 4.69) is 10.3 Å². The van der Waals surface area contributed by atoms with Crippen molar-refractivity contribution in [2.45, 2.75) is 6.10 Å². The Morgan fingerprint density at radius 3 is 3.05 bits per heavy atom. The van der Waals surface area contributed by atoms with Gasteiger partial charge in [-0.1, -0.05) is 11.6 Å². The molecule has 1 atom stereocenters. The van der Waals surface area contributed by atoms with Crippen LogP contribution >= 0.6 is 11.6 Å². The van der Waals surface area contributed by atoms with Gasteiger partial charge in [-0.3, -0.25) is 9.89 Å². The SMILES string of the molecule is O=C(Nc1cc(Cl)ccc1OCC(O)CO)N1C=CC=NC1. The maximum Gasteiger partial charge on any atom is 0.327 e. The van der Waals surface area contributed by atoms with Gasteiger partial charge in [-0.15, -0.1) is 0 Å². The number of hydrogen-bond acceptors (Lipinski definition) is 5. The highest BCUT2D eigenvalue weighted by Gasteiger charge is 2.15. The minimum Gasteiger partial charge on any atom is -0.489 e. The predicted molar refractivity (Wildman–Crippen MR) is 83.4 cm³/mol. The average Bonchev–Trinajstić information content (AvgIpc) is 2.54. The molecule has 8 heteroatoms. The third-order valence-corrected chi connectivity index (χ3v) is 3.01. The smallest absolute Gasteiger partial charge is 0.327 e. The van der Waals surface area contributed by atoms with Crippen LogP contribution in [-0.2, 0) is 0 Å². The first kappa shape index (κ1) is 16.3. The molecule has 0 saturated carbocycles. The van der Waals surface area contributed by atoms with Crippen LogP contribution < -0.4 is 10.1 Å². The quantitative estimate of drug-likeness (QED) is 0.764. The number of carbonyl (C=O) groups is 1. The van der Waals surface area contributed by atoms with Gasteiger partial charge in [-0.2, -0.15) is 0 Å². The fraction of sp³-hybridized carbons (Fsp3) is 0.286. The summed E-state index contributed by atoms with van der Waals surface area (Å²) < 4.78 is 5.38. The zero-order chi connectivity index (χ0) is 15.9. The number of aliphatic hydroxyl groups excluding tert-OH is 2. The number of hydrogen-bond donors (Lipinski definition) is 3. The topological polar surface area (TPSA) is 94.4 Å². The average molecular weight is 326 g/mol. The molecule has 1 aliphatic rings. The minimum absolute atomic E-state index is 0.102. The molecule has 1 aliphatic heterocycles. The Hall–Kier alpha value is -2.09. The van der Waals surface area contributed by atoms with Gasteiger partial charge in [-0.25, -0.2) is 4.79 Å². The summed E-state index contributed by atoms with van der Waals surface area (Å²) in [5.41, 5.74) is 0.366. The largest absolute Gasteiger partial charge is 0.489 e. The molecule has 2 rings (SSSR count). The monoisotopic (exact) mass is 325 g/mol. The number of nitrogens with zero attached hydrogens (tertiary/aromatic N) is 2. The van der Waals surface area contributed by atoms with Gasteiger partial charge < -0.3 is 20.3 Å². The number of benzene rings is 1. The molecule has 3 N–H and O–H groups in total. The molecule has 0 aromatic heterocycles. The van der Waals surface area contributed by atoms with Crippen LogP contribution in [0.3, 0.4) is 0 Å². The van der Waals surface area contributed by atoms with Crippen LogP contribution in [0.5, 0.6) is 5.75 Å². The molecule has 2 amide bonds. The Balaban J connectivity index is 2.07. The second-order valence-electron chi connectivity index (χ2n) is 4.50. The molecule has 118 valence electrons. The van der Waals surface area contributed by atoms with Gasteiger partial charge in [0, 0.05) is 17.4 Å². The molecule has 0 bridgehead atoms. The zero-order valence-corrected chi connectivity index (χ0v) is 12.4. The first-order valence-electron chi connectivity index (χ1n) is 6.55. The molecule has 0 fully saturated rings. The lowest BCUT2D eigenvalue weighted by atomic mass is 10.3. The van der Waals surface area contributed by atoms with Crippen molar-refractivity contribution >= 4 is 29.5 Å². The molecule has 0 radical (unpaired) electrons. The first-order chi connectivity index (χ1) is 10.6. The van der Waals surface area contributed by atoms with Crippen LogP contribution in [0.15, 0.2) is 35.5 Å². The van der Waals surface area contributed by atoms with Crippen LogP contribution in [0.1, 0.15) is 0 Å². The summed E-state index contributed by atoms with van der Waals surface area (Å²) in [7, 11) is 0. The fourth-order valence-electron chi connectivity index (χ4n) is 1.67. The van der Waals surface area contributed by atoms with E-state index in [4.69, 9.17) is 21.4 Å². The highest BCUT2D eigenvalue weighted by molar-refractivity contribution is 6.31. The van der Waals surface area contributed by atoms with Gasteiger partial charge in [0.25, 0.3) is 0 Å². The predicted octanol–water partition coefficient (Wildman–Crippen LogP) is 1.46. The van der Waals surface area contributed by atoms with Gasteiger partial charge in [-0.05, 0) is 24.3 Å². The van der Waals surface area contributed by atoms with E-state index in [9.17, 15) is 9.90 Å². The second kappa shape index (κ2) is 7.79. The number of nitrogens with one attached hydrogen (secondary N) is 1. The second-order valence-corrected chi connectivity index (χ2v) is 4.94. The number of halogens is 1. The Kier molecular flexibility index (Phi) is 5.76. The molecule has 0 aliphatic carbocycles. The molecule has 1 aromatic carbocycles. The van der Waals surface area contributed by atoms with Gasteiger partial charge in [0.15, 0.2) is 0 Å². The van der Waals surface area contributed by atoms with Gasteiger partial charge in [0.2, 0.25) is 0 Å². The minimum atomic E-state index is -1.00. The molecule has 22 heavy (non-hydrogen) atoms. The summed E-state index contributed by atoms with van der Waals surface area (Å²) in [5, 5.41) is 21.2. The number of allylic oxidation sites excluding steroid dienone is 1. The molecule has 0 spiro atoms. The number of aliphatic hydroxyl groups is 2. The van der Waals surface area contributed by atoms with Crippen LogP contribution in [0, 0.1) is 0 Å². The summed E-state index contributed by atoms with van der Waals surface area (Å²) in [5.74, 6) is 0.342. The van der Waals surface area contributed by atoms with Crippen molar-refractivity contribution in [3.8, 4) is 5.75 Å². The molecule has 1 aromatic rings. The van der Waals surface area contributed by atoms with Gasteiger partial charge >= 0.3 is 6.03 Å². The lowest BCUT2D eigenvalue weighted by Gasteiger charge is -2.20. The molecule has 1 heterocycles. The van der Waals surface area contributed by atoms with E-state index in [0.717, 1.165) is 0 Å². The van der Waals surface area contributed by atoms with Crippen molar-refractivity contribution in [3.05, 3.63) is 35.5 Å². The lowest BCUT2D eigenvalue weighted by molar-refractivity contribution is 0.0538. The van der Waals surface area contributed by atoms with E-state index in [0.29, 0.717) is 16.5 Å². The van der Waals surface area contributed by atoms with E-state index in [1.807, 2.05) is 0 Å². The third kappa shape index (κ3) is 4.45. The third-order valence-electron chi connectivity index (χ3n) is 2.78. The standard InChI is InChI=1S/C14H16ClN3O4/c15-10-2-3-13(22-8-11(20)7-19)12(6-10)17-14(21)18-5-1-4-16-9-18/h1-6,11,19-20H,7-9H2,(H,17,21). The van der Waals surface area contributed by atoms with Crippen LogP contribution in [0.4, 0.5) is 10.5 Å². The molecule has 0 saturated heterocycles. The van der Waals surface area contributed by atoms with Crippen molar-refractivity contribution in [1.29, 1.82) is 0 Å². The maximum absolute atomic E-state index is 12.1. The number of anilines is 1. The van der Waals surface area contributed by atoms with Crippen molar-refractivity contribution in [1.82, 2.24) is 4.90 Å². The van der Waals surface area contributed by atoms with E-state index < -0.39 is 12.7 Å². The van der Waals surface area contributed by atoms with Crippen LogP contribution in [0.2, 0.25) is 5.02 Å². The number of aliphatic imine (C=N–C) groups is 1. The van der Waals surface area contributed by atoms with E-state index in [-0.39, 0.29) is 19.3 Å². The van der Waals surface area contributed by atoms with Crippen molar-refractivity contribution < 1.29 is 19.7 Å². The summed E-state index contributed by atoms with van der Waals surface area (Å²) in [6.45, 7) is -0.289. The lowest BCUT2D eigenvalue weighted by Crippen LogP contribution is -2.32. The first-order valence-corrected chi connectivity index (χ1v) is 6.93. The normalized spacial score (nSPS) is 14.8. The van der Waals surface area contributed by atoms with Crippen LogP contribution in [-0.4, -0.2) is 53.3 Å². The van der Waals surface area contributed by atoms with Gasteiger partial charge in [0.05, 0.1) is 12.3 Å². The highest BCUT2D eigenvalue weighted by atomic mass is 35.5. The molecule has 1 unspecified atom stereocenters. The highest BCUT2D eigenvalue weighted by Crippen LogP contribution is 2.28. The number of amides is 2. The zero-order valence-electron chi connectivity index (χ0n) is 11.6. The molecular formula is C14H16ClN3O4. The number of urea groups is 1. The van der Waals surface area contributed by atoms with Crippen molar-refractivity contribution in [3.63, 3.8) is 0 Å². The Morgan fingerprint density at radius 1 is 1.55 bits per heavy atom. The Bertz CT molecular complexity index is 591. The maximum atomic E-state index is 12.1. The number of carbonyl (C=O) groups excluding carboxylic acids is 1. The Morgan fingerprint density at radius 2 is 2.36 bits per heavy atom.